The van der Waals surface area contributed by atoms with Gasteiger partial charge in [-0.15, -0.1) is 0 Å². The van der Waals surface area contributed by atoms with Gasteiger partial charge in [-0.2, -0.15) is 0 Å². The molecule has 49 heavy (non-hydrogen) atoms. The zero-order chi connectivity index (χ0) is 35.2. The van der Waals surface area contributed by atoms with E-state index in [9.17, 15) is 24.3 Å². The summed E-state index contributed by atoms with van der Waals surface area (Å²) in [4.78, 5) is 58.8. The Hall–Kier alpha value is -4.27. The summed E-state index contributed by atoms with van der Waals surface area (Å²) >= 11 is 0. The number of aryl methyl sites for hydroxylation is 1. The van der Waals surface area contributed by atoms with Crippen molar-refractivity contribution >= 4 is 23.9 Å². The van der Waals surface area contributed by atoms with Gasteiger partial charge in [0.2, 0.25) is 0 Å². The summed E-state index contributed by atoms with van der Waals surface area (Å²) in [5, 5.41) is 11.9. The summed E-state index contributed by atoms with van der Waals surface area (Å²) in [5.74, 6) is -5.74. The van der Waals surface area contributed by atoms with E-state index in [1.54, 1.807) is 36.9 Å². The number of aliphatic hydroxyl groups is 1. The lowest BCUT2D eigenvalue weighted by atomic mass is 9.57. The smallest absolute Gasteiger partial charge is 0.417 e. The van der Waals surface area contributed by atoms with Crippen LogP contribution >= 0.6 is 0 Å². The first-order chi connectivity index (χ1) is 23.4. The van der Waals surface area contributed by atoms with Gasteiger partial charge in [-0.3, -0.25) is 0 Å². The Morgan fingerprint density at radius 2 is 2.00 bits per heavy atom. The van der Waals surface area contributed by atoms with Crippen molar-refractivity contribution in [2.75, 3.05) is 7.11 Å². The van der Waals surface area contributed by atoms with Crippen LogP contribution in [0.15, 0.2) is 54.7 Å². The third-order valence-corrected chi connectivity index (χ3v) is 10.7. The van der Waals surface area contributed by atoms with E-state index in [-0.39, 0.29) is 18.9 Å². The minimum absolute atomic E-state index is 0.163. The summed E-state index contributed by atoms with van der Waals surface area (Å²) in [5.41, 5.74) is 0.579. The molecule has 4 heterocycles. The first kappa shape index (κ1) is 34.6. The van der Waals surface area contributed by atoms with Crippen LogP contribution in [0.3, 0.4) is 0 Å². The molecule has 4 aliphatic rings. The molecule has 1 saturated carbocycles. The van der Waals surface area contributed by atoms with Crippen LogP contribution in [0.2, 0.25) is 0 Å². The Balaban J connectivity index is 1.27. The fraction of sp³-hybridized carbons (Fsp3) is 0.571. The van der Waals surface area contributed by atoms with Crippen LogP contribution in [-0.2, 0) is 56.5 Å². The standard InChI is InChI=1S/C35H43N3O11/c1-17-12-18(2)35-21(9-10-23-26(35)27(39)19(3)29(30(23)49-35)48-31(40)24-8-7-11-37-24)13-25(44-6)32(41)47-28(17)20(4)46-34(43)33(42)45-15-22-14-36-16-38(22)5/h7-12,14,16-17,19-21,23,25-30,37,39H,13,15H2,1-6H3/b18-12+/t17-,19-,20-,21-,23?,25+,26?,27-,28+,29-,30-,35+/m1/s1. The minimum atomic E-state index is -1.23. The van der Waals surface area contributed by atoms with Crippen molar-refractivity contribution in [2.45, 2.75) is 82.9 Å². The van der Waals surface area contributed by atoms with Crippen molar-refractivity contribution in [3.63, 3.8) is 0 Å². The number of carbonyl (C=O) groups excluding carboxylic acids is 4. The van der Waals surface area contributed by atoms with Crippen molar-refractivity contribution < 1.29 is 52.7 Å². The highest BCUT2D eigenvalue weighted by Gasteiger charge is 2.69. The van der Waals surface area contributed by atoms with Crippen LogP contribution in [0.4, 0.5) is 0 Å². The molecule has 2 aliphatic heterocycles. The van der Waals surface area contributed by atoms with Crippen LogP contribution in [0, 0.1) is 29.6 Å². The molecule has 12 atom stereocenters. The quantitative estimate of drug-likeness (QED) is 0.189. The molecule has 2 fully saturated rings. The largest absolute Gasteiger partial charge is 0.456 e. The van der Waals surface area contributed by atoms with Gasteiger partial charge in [0.1, 0.15) is 42.3 Å². The Morgan fingerprint density at radius 1 is 1.22 bits per heavy atom. The molecule has 0 aromatic carbocycles. The van der Waals surface area contributed by atoms with Gasteiger partial charge in [0, 0.05) is 49.9 Å². The predicted octanol–water partition coefficient (Wildman–Crippen LogP) is 2.43. The van der Waals surface area contributed by atoms with E-state index in [1.807, 2.05) is 32.1 Å². The highest BCUT2D eigenvalue weighted by molar-refractivity contribution is 6.29. The van der Waals surface area contributed by atoms with E-state index >= 15 is 0 Å². The van der Waals surface area contributed by atoms with Crippen molar-refractivity contribution in [2.24, 2.45) is 36.6 Å². The molecule has 2 aromatic heterocycles. The Labute approximate surface area is 283 Å². The third kappa shape index (κ3) is 6.10. The van der Waals surface area contributed by atoms with E-state index in [4.69, 9.17) is 28.4 Å². The van der Waals surface area contributed by atoms with Crippen LogP contribution in [0.1, 0.15) is 50.3 Å². The summed E-state index contributed by atoms with van der Waals surface area (Å²) in [7, 11) is 3.13. The van der Waals surface area contributed by atoms with Gasteiger partial charge >= 0.3 is 23.9 Å². The van der Waals surface area contributed by atoms with Crippen molar-refractivity contribution in [3.05, 3.63) is 66.0 Å². The summed E-state index contributed by atoms with van der Waals surface area (Å²) in [6.45, 7) is 6.92. The van der Waals surface area contributed by atoms with Gasteiger partial charge in [0.15, 0.2) is 6.10 Å². The van der Waals surface area contributed by atoms with E-state index < -0.39 is 89.8 Å². The number of aliphatic hydroxyl groups excluding tert-OH is 1. The second-order valence-electron chi connectivity index (χ2n) is 13.5. The number of H-pyrrole nitrogens is 1. The predicted molar refractivity (Wildman–Crippen MR) is 169 cm³/mol. The monoisotopic (exact) mass is 681 g/mol. The first-order valence-corrected chi connectivity index (χ1v) is 16.5. The second kappa shape index (κ2) is 13.6. The molecule has 1 spiro atoms. The van der Waals surface area contributed by atoms with Crippen molar-refractivity contribution in [1.29, 1.82) is 0 Å². The fourth-order valence-electron chi connectivity index (χ4n) is 8.14. The van der Waals surface area contributed by atoms with Gasteiger partial charge in [-0.25, -0.2) is 24.2 Å². The molecule has 14 heteroatoms. The number of nitrogens with zero attached hydrogens (tertiary/aromatic N) is 2. The fourth-order valence-corrected chi connectivity index (χ4v) is 8.14. The molecule has 0 amide bonds. The molecule has 2 unspecified atom stereocenters. The minimum Gasteiger partial charge on any atom is -0.456 e. The number of rotatable bonds is 7. The number of carbonyl (C=O) groups is 4. The molecule has 4 bridgehead atoms. The Bertz CT molecular complexity index is 1630. The number of hydrogen-bond acceptors (Lipinski definition) is 12. The molecule has 14 nitrogen and oxygen atoms in total. The lowest BCUT2D eigenvalue weighted by Gasteiger charge is -2.48. The summed E-state index contributed by atoms with van der Waals surface area (Å²) < 4.78 is 36.8. The SMILES string of the molecule is CO[C@H]1C[C@H]2C=CC3C4[C@H](O)[C@@H](C)[C@@H](OC(=O)c5ccc[nH]5)[C@@H]3O[C@]42/C(C)=C/[C@@H](C)[C@@H]([C@@H](C)OC(=O)C(=O)OCc2cncn2C)OC1=O. The van der Waals surface area contributed by atoms with Gasteiger partial charge < -0.3 is 43.1 Å². The number of methoxy groups -OCH3 is 1. The highest BCUT2D eigenvalue weighted by atomic mass is 16.6. The van der Waals surface area contributed by atoms with E-state index in [2.05, 4.69) is 9.97 Å². The Morgan fingerprint density at radius 3 is 2.67 bits per heavy atom. The molecule has 2 aromatic rings. The average molecular weight is 682 g/mol. The lowest BCUT2D eigenvalue weighted by Crippen LogP contribution is -2.57. The number of ether oxygens (including phenoxy) is 6. The van der Waals surface area contributed by atoms with Crippen LogP contribution < -0.4 is 0 Å². The zero-order valence-electron chi connectivity index (χ0n) is 28.3. The maximum Gasteiger partial charge on any atom is 0.417 e. The first-order valence-electron chi connectivity index (χ1n) is 16.5. The Kier molecular flexibility index (Phi) is 9.57. The van der Waals surface area contributed by atoms with Gasteiger partial charge in [0.25, 0.3) is 0 Å². The molecule has 6 rings (SSSR count). The number of hydrogen-bond donors (Lipinski definition) is 2. The van der Waals surface area contributed by atoms with Crippen molar-refractivity contribution in [1.82, 2.24) is 14.5 Å². The van der Waals surface area contributed by atoms with Crippen LogP contribution in [-0.4, -0.2) is 92.9 Å². The zero-order valence-corrected chi connectivity index (χ0v) is 28.3. The molecule has 2 N–H and O–H groups in total. The normalized spacial score (nSPS) is 36.8. The highest BCUT2D eigenvalue weighted by Crippen LogP contribution is 2.61. The van der Waals surface area contributed by atoms with E-state index in [1.165, 1.54) is 26.6 Å². The second-order valence-corrected chi connectivity index (χ2v) is 13.5. The van der Waals surface area contributed by atoms with Crippen LogP contribution in [0.25, 0.3) is 0 Å². The molecule has 2 aliphatic carbocycles. The summed E-state index contributed by atoms with van der Waals surface area (Å²) in [6.07, 6.45) is 5.40. The number of aromatic amines is 1. The number of imidazole rings is 1. The maximum absolute atomic E-state index is 13.6. The average Bonchev–Trinajstić information content (AvgIpc) is 3.80. The molecule has 0 radical (unpaired) electrons. The molecular formula is C35H43N3O11. The van der Waals surface area contributed by atoms with Crippen molar-refractivity contribution in [3.8, 4) is 0 Å². The molecule has 1 saturated heterocycles. The maximum atomic E-state index is 13.6. The lowest BCUT2D eigenvalue weighted by molar-refractivity contribution is -0.184. The number of cyclic esters (lactones) is 1. The van der Waals surface area contributed by atoms with Crippen LogP contribution in [0.5, 0.6) is 0 Å². The van der Waals surface area contributed by atoms with Gasteiger partial charge in [-0.1, -0.05) is 32.1 Å². The topological polar surface area (TPSA) is 177 Å². The van der Waals surface area contributed by atoms with E-state index in [0.29, 0.717) is 11.4 Å². The van der Waals surface area contributed by atoms with Gasteiger partial charge in [-0.05, 0) is 38.0 Å². The summed E-state index contributed by atoms with van der Waals surface area (Å²) in [6, 6.07) is 3.32. The number of nitrogens with one attached hydrogen (secondary N) is 1. The van der Waals surface area contributed by atoms with E-state index in [0.717, 1.165) is 5.57 Å². The number of esters is 4. The molecule has 264 valence electrons. The third-order valence-electron chi connectivity index (χ3n) is 10.7. The van der Waals surface area contributed by atoms with Gasteiger partial charge in [0.05, 0.1) is 24.3 Å². The molecular weight excluding hydrogens is 638 g/mol. The number of aromatic nitrogens is 3.